The molecule has 0 fully saturated rings. The van der Waals surface area contributed by atoms with E-state index in [2.05, 4.69) is 0 Å². The van der Waals surface area contributed by atoms with Crippen LogP contribution in [0.15, 0.2) is 24.3 Å². The minimum absolute atomic E-state index is 0.0229. The van der Waals surface area contributed by atoms with Gasteiger partial charge in [0.25, 0.3) is 0 Å². The van der Waals surface area contributed by atoms with Crippen LogP contribution in [0.5, 0.6) is 0 Å². The number of hydrogen-bond donors (Lipinski definition) is 2. The number of carbonyl (C=O) groups is 2. The lowest BCUT2D eigenvalue weighted by atomic mass is 10.0. The summed E-state index contributed by atoms with van der Waals surface area (Å²) in [5.74, 6) is -0.966. The fourth-order valence-electron chi connectivity index (χ4n) is 1.67. The highest BCUT2D eigenvalue weighted by atomic mass is 16.4. The van der Waals surface area contributed by atoms with Crippen LogP contribution in [0.3, 0.4) is 0 Å². The number of rotatable bonds is 6. The van der Waals surface area contributed by atoms with E-state index in [0.717, 1.165) is 5.56 Å². The average Bonchev–Trinajstić information content (AvgIpc) is 2.36. The first-order valence-electron chi connectivity index (χ1n) is 5.81. The summed E-state index contributed by atoms with van der Waals surface area (Å²) < 4.78 is 0. The van der Waals surface area contributed by atoms with Crippen molar-refractivity contribution in [1.29, 1.82) is 0 Å². The van der Waals surface area contributed by atoms with E-state index in [-0.39, 0.29) is 11.5 Å². The third kappa shape index (κ3) is 3.85. The fourth-order valence-corrected chi connectivity index (χ4v) is 1.67. The van der Waals surface area contributed by atoms with Gasteiger partial charge in [0.2, 0.25) is 5.91 Å². The first-order chi connectivity index (χ1) is 8.56. The van der Waals surface area contributed by atoms with Gasteiger partial charge in [-0.3, -0.25) is 4.79 Å². The number of carboxylic acid groups (broad SMARTS) is 1. The van der Waals surface area contributed by atoms with E-state index < -0.39 is 5.97 Å². The highest BCUT2D eigenvalue weighted by Gasteiger charge is 2.11. The highest BCUT2D eigenvalue weighted by molar-refractivity contribution is 5.89. The second-order valence-electron chi connectivity index (χ2n) is 4.07. The molecule has 0 heterocycles. The molecule has 18 heavy (non-hydrogen) atoms. The number of nitrogens with zero attached hydrogens (tertiary/aromatic N) is 1. The van der Waals surface area contributed by atoms with E-state index in [1.807, 2.05) is 0 Å². The Labute approximate surface area is 106 Å². The maximum atomic E-state index is 11.5. The van der Waals surface area contributed by atoms with Crippen molar-refractivity contribution in [3.8, 4) is 0 Å². The lowest BCUT2D eigenvalue weighted by Gasteiger charge is -2.17. The van der Waals surface area contributed by atoms with E-state index in [1.54, 1.807) is 36.2 Å². The fraction of sp³-hybridized carbons (Fsp3) is 0.385. The second kappa shape index (κ2) is 6.76. The van der Waals surface area contributed by atoms with Crippen molar-refractivity contribution in [3.63, 3.8) is 0 Å². The lowest BCUT2D eigenvalue weighted by Crippen LogP contribution is -2.30. The first kappa shape index (κ1) is 14.2. The Morgan fingerprint density at radius 1 is 1.33 bits per heavy atom. The Morgan fingerprint density at radius 3 is 2.61 bits per heavy atom. The van der Waals surface area contributed by atoms with Gasteiger partial charge in [0.15, 0.2) is 0 Å². The third-order valence-corrected chi connectivity index (χ3v) is 2.75. The van der Waals surface area contributed by atoms with E-state index in [4.69, 9.17) is 10.8 Å². The molecule has 0 radical (unpaired) electrons. The molecule has 0 aliphatic heterocycles. The summed E-state index contributed by atoms with van der Waals surface area (Å²) in [6.07, 6.45) is 0.840. The Morgan fingerprint density at radius 2 is 2.00 bits per heavy atom. The second-order valence-corrected chi connectivity index (χ2v) is 4.07. The molecule has 0 atom stereocenters. The number of aromatic carboxylic acids is 1. The summed E-state index contributed by atoms with van der Waals surface area (Å²) in [6.45, 7) is 0.817. The molecule has 0 unspecified atom stereocenters. The number of carbonyl (C=O) groups excluding carboxylic acids is 1. The van der Waals surface area contributed by atoms with Crippen molar-refractivity contribution in [1.82, 2.24) is 4.90 Å². The molecular weight excluding hydrogens is 232 g/mol. The van der Waals surface area contributed by atoms with Crippen LogP contribution in [0.1, 0.15) is 22.3 Å². The van der Waals surface area contributed by atoms with Crippen molar-refractivity contribution in [3.05, 3.63) is 35.4 Å². The number of benzene rings is 1. The zero-order valence-corrected chi connectivity index (χ0v) is 10.4. The Bertz CT molecular complexity index is 432. The van der Waals surface area contributed by atoms with Gasteiger partial charge in [0, 0.05) is 26.6 Å². The standard InChI is InChI=1S/C13H18N2O3/c1-15(12(16)6-8-14)9-7-10-4-2-3-5-11(10)13(17)18/h2-5H,6-9,14H2,1H3,(H,17,18). The predicted octanol–water partition coefficient (Wildman–Crippen LogP) is 0.734. The molecule has 1 rings (SSSR count). The molecule has 0 aromatic heterocycles. The van der Waals surface area contributed by atoms with Crippen LogP contribution >= 0.6 is 0 Å². The van der Waals surface area contributed by atoms with Crippen molar-refractivity contribution >= 4 is 11.9 Å². The van der Waals surface area contributed by atoms with Gasteiger partial charge in [-0.1, -0.05) is 18.2 Å². The van der Waals surface area contributed by atoms with E-state index in [0.29, 0.717) is 25.9 Å². The SMILES string of the molecule is CN(CCc1ccccc1C(=O)O)C(=O)CCN. The minimum Gasteiger partial charge on any atom is -0.478 e. The van der Waals surface area contributed by atoms with Gasteiger partial charge in [0.05, 0.1) is 5.56 Å². The van der Waals surface area contributed by atoms with Gasteiger partial charge < -0.3 is 15.7 Å². The highest BCUT2D eigenvalue weighted by Crippen LogP contribution is 2.10. The van der Waals surface area contributed by atoms with Crippen LogP contribution < -0.4 is 5.73 Å². The van der Waals surface area contributed by atoms with Crippen LogP contribution in [-0.4, -0.2) is 42.0 Å². The van der Waals surface area contributed by atoms with E-state index in [9.17, 15) is 9.59 Å². The summed E-state index contributed by atoms with van der Waals surface area (Å²) >= 11 is 0. The van der Waals surface area contributed by atoms with Crippen LogP contribution in [0, 0.1) is 0 Å². The van der Waals surface area contributed by atoms with Crippen LogP contribution in [0.2, 0.25) is 0 Å². The molecule has 1 aromatic carbocycles. The number of amides is 1. The quantitative estimate of drug-likeness (QED) is 0.779. The maximum Gasteiger partial charge on any atom is 0.335 e. The molecule has 5 heteroatoms. The minimum atomic E-state index is -0.943. The molecule has 1 amide bonds. The smallest absolute Gasteiger partial charge is 0.335 e. The maximum absolute atomic E-state index is 11.5. The number of hydrogen-bond acceptors (Lipinski definition) is 3. The van der Waals surface area contributed by atoms with E-state index in [1.165, 1.54) is 0 Å². The van der Waals surface area contributed by atoms with Crippen molar-refractivity contribution in [2.24, 2.45) is 5.73 Å². The van der Waals surface area contributed by atoms with Gasteiger partial charge in [-0.15, -0.1) is 0 Å². The molecule has 1 aromatic rings. The lowest BCUT2D eigenvalue weighted by molar-refractivity contribution is -0.129. The van der Waals surface area contributed by atoms with Gasteiger partial charge in [0.1, 0.15) is 0 Å². The molecule has 0 saturated carbocycles. The number of likely N-dealkylation sites (N-methyl/N-ethyl adjacent to an activating group) is 1. The van der Waals surface area contributed by atoms with Gasteiger partial charge in [-0.25, -0.2) is 4.79 Å². The molecule has 0 bridgehead atoms. The molecule has 0 aliphatic carbocycles. The summed E-state index contributed by atoms with van der Waals surface area (Å²) in [7, 11) is 1.70. The Kier molecular flexibility index (Phi) is 5.32. The largest absolute Gasteiger partial charge is 0.478 e. The molecule has 98 valence electrons. The molecule has 5 nitrogen and oxygen atoms in total. The zero-order valence-electron chi connectivity index (χ0n) is 10.4. The molecule has 0 saturated heterocycles. The van der Waals surface area contributed by atoms with Gasteiger partial charge >= 0.3 is 5.97 Å². The van der Waals surface area contributed by atoms with Gasteiger partial charge in [-0.05, 0) is 18.1 Å². The number of nitrogens with two attached hydrogens (primary N) is 1. The molecule has 0 aliphatic rings. The summed E-state index contributed by atoms with van der Waals surface area (Å²) in [5.41, 5.74) is 6.34. The van der Waals surface area contributed by atoms with Crippen LogP contribution in [-0.2, 0) is 11.2 Å². The summed E-state index contributed by atoms with van der Waals surface area (Å²) in [4.78, 5) is 24.1. The van der Waals surface area contributed by atoms with Crippen LogP contribution in [0.25, 0.3) is 0 Å². The van der Waals surface area contributed by atoms with Crippen molar-refractivity contribution in [2.75, 3.05) is 20.1 Å². The summed E-state index contributed by atoms with van der Waals surface area (Å²) in [5, 5.41) is 9.03. The number of carboxylic acids is 1. The first-order valence-corrected chi connectivity index (χ1v) is 5.81. The zero-order chi connectivity index (χ0) is 13.5. The van der Waals surface area contributed by atoms with Crippen molar-refractivity contribution in [2.45, 2.75) is 12.8 Å². The molecule has 3 N–H and O–H groups in total. The van der Waals surface area contributed by atoms with Crippen LogP contribution in [0.4, 0.5) is 0 Å². The normalized spacial score (nSPS) is 10.1. The Balaban J connectivity index is 2.63. The monoisotopic (exact) mass is 250 g/mol. The Hall–Kier alpha value is -1.88. The van der Waals surface area contributed by atoms with E-state index >= 15 is 0 Å². The van der Waals surface area contributed by atoms with Gasteiger partial charge in [-0.2, -0.15) is 0 Å². The topological polar surface area (TPSA) is 83.6 Å². The predicted molar refractivity (Wildman–Crippen MR) is 68.4 cm³/mol. The average molecular weight is 250 g/mol. The third-order valence-electron chi connectivity index (χ3n) is 2.75. The molecular formula is C13H18N2O3. The van der Waals surface area contributed by atoms with Crippen molar-refractivity contribution < 1.29 is 14.7 Å². The molecule has 0 spiro atoms. The summed E-state index contributed by atoms with van der Waals surface area (Å²) in [6, 6.07) is 6.82.